The maximum absolute atomic E-state index is 13.8. The molecule has 0 N–H and O–H groups in total. The molecule has 2 aliphatic heterocycles. The molecule has 8 nitrogen and oxygen atoms in total. The zero-order chi connectivity index (χ0) is 22.7. The van der Waals surface area contributed by atoms with E-state index in [0.717, 1.165) is 24.8 Å². The number of Topliss-reactive ketones (excluding diaryl/α,β-unsaturated/α-hetero) is 1. The number of fused-ring (bicyclic) bond motifs is 3. The predicted molar refractivity (Wildman–Crippen MR) is 109 cm³/mol. The summed E-state index contributed by atoms with van der Waals surface area (Å²) in [5.41, 5.74) is -1.32. The van der Waals surface area contributed by atoms with Gasteiger partial charge in [-0.05, 0) is 37.2 Å². The lowest BCUT2D eigenvalue weighted by Gasteiger charge is -2.59. The summed E-state index contributed by atoms with van der Waals surface area (Å²) in [6, 6.07) is 1.85. The van der Waals surface area contributed by atoms with Crippen molar-refractivity contribution in [2.75, 3.05) is 13.2 Å². The largest absolute Gasteiger partial charge is 0.472 e. The van der Waals surface area contributed by atoms with Gasteiger partial charge in [-0.3, -0.25) is 14.4 Å². The van der Waals surface area contributed by atoms with Gasteiger partial charge in [0.25, 0.3) is 0 Å². The maximum atomic E-state index is 13.8. The second-order valence-corrected chi connectivity index (χ2v) is 9.95. The molecule has 0 amide bonds. The highest BCUT2D eigenvalue weighted by Crippen LogP contribution is 2.71. The second kappa shape index (κ2) is 7.42. The highest BCUT2D eigenvalue weighted by Gasteiger charge is 2.77. The molecular formula is C24H30O8. The fraction of sp³-hybridized carbons (Fsp3) is 0.708. The normalized spacial score (nSPS) is 42.7. The molecule has 8 heteroatoms. The van der Waals surface area contributed by atoms with Crippen LogP contribution in [0.2, 0.25) is 0 Å². The van der Waals surface area contributed by atoms with Gasteiger partial charge in [0.1, 0.15) is 18.0 Å². The molecule has 32 heavy (non-hydrogen) atoms. The molecule has 2 spiro atoms. The van der Waals surface area contributed by atoms with Gasteiger partial charge in [-0.25, -0.2) is 0 Å². The molecule has 7 atom stereocenters. The minimum Gasteiger partial charge on any atom is -0.472 e. The third-order valence-corrected chi connectivity index (χ3v) is 8.49. The Morgan fingerprint density at radius 3 is 2.66 bits per heavy atom. The van der Waals surface area contributed by atoms with Crippen LogP contribution >= 0.6 is 0 Å². The third-order valence-electron chi connectivity index (χ3n) is 8.49. The molecule has 0 unspecified atom stereocenters. The Morgan fingerprint density at radius 1 is 1.25 bits per heavy atom. The molecule has 1 aromatic rings. The SMILES string of the molecule is CC(=O)OC[C@@]12C(=O)C[C@@H](C)[C@]3(C[C@@H](c4ccoc4)O[C@H]3OC(C)=O)[C@H]1CCC[C@]21CO1. The zero-order valence-corrected chi connectivity index (χ0v) is 18.8. The van der Waals surface area contributed by atoms with Crippen LogP contribution in [-0.4, -0.2) is 42.8 Å². The van der Waals surface area contributed by atoms with Crippen molar-refractivity contribution in [1.82, 2.24) is 0 Å². The average Bonchev–Trinajstić information content (AvgIpc) is 3.14. The van der Waals surface area contributed by atoms with E-state index in [9.17, 15) is 14.4 Å². The van der Waals surface area contributed by atoms with Gasteiger partial charge in [0.2, 0.25) is 6.29 Å². The average molecular weight is 446 g/mol. The number of epoxide rings is 1. The first-order chi connectivity index (χ1) is 15.2. The number of carbonyl (C=O) groups is 3. The highest BCUT2D eigenvalue weighted by molar-refractivity contribution is 5.89. The summed E-state index contributed by atoms with van der Waals surface area (Å²) in [6.07, 6.45) is 5.38. The van der Waals surface area contributed by atoms with E-state index in [0.29, 0.717) is 19.4 Å². The number of hydrogen-bond donors (Lipinski definition) is 0. The molecule has 2 saturated heterocycles. The molecule has 4 aliphatic rings. The second-order valence-electron chi connectivity index (χ2n) is 9.95. The summed E-state index contributed by atoms with van der Waals surface area (Å²) in [7, 11) is 0. The molecule has 0 aromatic carbocycles. The molecule has 5 rings (SSSR count). The van der Waals surface area contributed by atoms with E-state index in [2.05, 4.69) is 0 Å². The number of hydrogen-bond acceptors (Lipinski definition) is 8. The standard InChI is InChI=1S/C24H30O8/c1-14-9-20(27)24(13-29-15(2)25)19(5-4-7-22(24)12-30-22)23(14)10-18(17-6-8-28-11-17)32-21(23)31-16(3)26/h6,8,11,14,18-19,21H,4-5,7,9-10,12-13H2,1-3H3/t14-,18+,19-,21-,22+,23-,24+/m1/s1. The number of ketones is 1. The third kappa shape index (κ3) is 2.91. The molecule has 0 radical (unpaired) electrons. The minimum absolute atomic E-state index is 0.0104. The van der Waals surface area contributed by atoms with E-state index in [-0.39, 0.29) is 30.3 Å². The van der Waals surface area contributed by atoms with Crippen molar-refractivity contribution in [3.8, 4) is 0 Å². The summed E-state index contributed by atoms with van der Waals surface area (Å²) >= 11 is 0. The Balaban J connectivity index is 1.63. The summed E-state index contributed by atoms with van der Waals surface area (Å²) in [4.78, 5) is 37.7. The Bertz CT molecular complexity index is 918. The lowest BCUT2D eigenvalue weighted by atomic mass is 9.43. The van der Waals surface area contributed by atoms with Gasteiger partial charge >= 0.3 is 11.9 Å². The lowest BCUT2D eigenvalue weighted by molar-refractivity contribution is -0.235. The Kier molecular flexibility index (Phi) is 5.02. The number of ether oxygens (including phenoxy) is 4. The van der Waals surface area contributed by atoms with E-state index >= 15 is 0 Å². The van der Waals surface area contributed by atoms with Crippen molar-refractivity contribution >= 4 is 17.7 Å². The molecule has 3 heterocycles. The van der Waals surface area contributed by atoms with Crippen LogP contribution in [0.25, 0.3) is 0 Å². The summed E-state index contributed by atoms with van der Waals surface area (Å²) in [5.74, 6) is -1.06. The predicted octanol–water partition coefficient (Wildman–Crippen LogP) is 3.34. The first-order valence-electron chi connectivity index (χ1n) is 11.4. The molecule has 0 bridgehead atoms. The molecular weight excluding hydrogens is 416 g/mol. The fourth-order valence-corrected chi connectivity index (χ4v) is 6.99. The Morgan fingerprint density at radius 2 is 2.03 bits per heavy atom. The van der Waals surface area contributed by atoms with Crippen molar-refractivity contribution in [3.05, 3.63) is 24.2 Å². The first-order valence-corrected chi connectivity index (χ1v) is 11.4. The van der Waals surface area contributed by atoms with Crippen molar-refractivity contribution < 1.29 is 37.7 Å². The zero-order valence-electron chi connectivity index (χ0n) is 18.8. The smallest absolute Gasteiger partial charge is 0.304 e. The Labute approximate surface area is 186 Å². The van der Waals surface area contributed by atoms with E-state index in [1.807, 2.05) is 13.0 Å². The fourth-order valence-electron chi connectivity index (χ4n) is 6.99. The quantitative estimate of drug-likeness (QED) is 0.512. The number of carbonyl (C=O) groups excluding carboxylic acids is 3. The minimum atomic E-state index is -0.962. The summed E-state index contributed by atoms with van der Waals surface area (Å²) < 4.78 is 29.0. The summed E-state index contributed by atoms with van der Waals surface area (Å²) in [5, 5.41) is 0. The van der Waals surface area contributed by atoms with Gasteiger partial charge in [-0.15, -0.1) is 0 Å². The van der Waals surface area contributed by atoms with E-state index in [4.69, 9.17) is 23.4 Å². The van der Waals surface area contributed by atoms with E-state index in [1.165, 1.54) is 13.8 Å². The van der Waals surface area contributed by atoms with Gasteiger partial charge in [0.05, 0.1) is 30.7 Å². The van der Waals surface area contributed by atoms with Crippen LogP contribution in [0.1, 0.15) is 64.5 Å². The van der Waals surface area contributed by atoms with Crippen molar-refractivity contribution in [2.24, 2.45) is 22.7 Å². The number of furan rings is 1. The van der Waals surface area contributed by atoms with Gasteiger partial charge in [-0.2, -0.15) is 0 Å². The molecule has 174 valence electrons. The van der Waals surface area contributed by atoms with Crippen LogP contribution in [0.4, 0.5) is 0 Å². The molecule has 2 aliphatic carbocycles. The van der Waals surface area contributed by atoms with Crippen LogP contribution in [0.5, 0.6) is 0 Å². The summed E-state index contributed by atoms with van der Waals surface area (Å²) in [6.45, 7) is 5.24. The number of esters is 2. The van der Waals surface area contributed by atoms with Crippen LogP contribution in [0, 0.1) is 22.7 Å². The number of rotatable bonds is 4. The van der Waals surface area contributed by atoms with E-state index < -0.39 is 34.7 Å². The monoisotopic (exact) mass is 446 g/mol. The van der Waals surface area contributed by atoms with Gasteiger partial charge in [0, 0.05) is 31.2 Å². The lowest BCUT2D eigenvalue weighted by Crippen LogP contribution is -2.67. The van der Waals surface area contributed by atoms with Crippen LogP contribution in [-0.2, 0) is 33.3 Å². The van der Waals surface area contributed by atoms with Gasteiger partial charge in [-0.1, -0.05) is 13.3 Å². The Hall–Kier alpha value is -2.19. The molecule has 4 fully saturated rings. The van der Waals surface area contributed by atoms with Crippen LogP contribution < -0.4 is 0 Å². The maximum Gasteiger partial charge on any atom is 0.304 e. The van der Waals surface area contributed by atoms with Crippen molar-refractivity contribution in [2.45, 2.75) is 70.9 Å². The first kappa shape index (κ1) is 21.6. The van der Waals surface area contributed by atoms with Crippen LogP contribution in [0.3, 0.4) is 0 Å². The highest BCUT2D eigenvalue weighted by atomic mass is 16.7. The molecule has 1 aromatic heterocycles. The topological polar surface area (TPSA) is 105 Å². The van der Waals surface area contributed by atoms with Gasteiger partial charge in [0.15, 0.2) is 0 Å². The van der Waals surface area contributed by atoms with Crippen molar-refractivity contribution in [3.63, 3.8) is 0 Å². The molecule has 2 saturated carbocycles. The van der Waals surface area contributed by atoms with Gasteiger partial charge < -0.3 is 23.4 Å². The van der Waals surface area contributed by atoms with Crippen molar-refractivity contribution in [1.29, 1.82) is 0 Å². The van der Waals surface area contributed by atoms with E-state index in [1.54, 1.807) is 12.5 Å². The van der Waals surface area contributed by atoms with Crippen LogP contribution in [0.15, 0.2) is 23.0 Å².